The van der Waals surface area contributed by atoms with Gasteiger partial charge in [0.15, 0.2) is 5.65 Å². The summed E-state index contributed by atoms with van der Waals surface area (Å²) in [5.41, 5.74) is 5.01. The number of fused-ring (bicyclic) bond motifs is 1. The highest BCUT2D eigenvalue weighted by Gasteiger charge is 2.38. The molecule has 0 unspecified atom stereocenters. The van der Waals surface area contributed by atoms with E-state index in [1.54, 1.807) is 13.1 Å². The van der Waals surface area contributed by atoms with Gasteiger partial charge in [0.1, 0.15) is 18.2 Å². The zero-order chi connectivity index (χ0) is 27.3. The number of nitrogen functional groups attached to an aromatic ring is 1. The van der Waals surface area contributed by atoms with Crippen LogP contribution in [0.1, 0.15) is 5.56 Å². The molecule has 9 nitrogen and oxygen atoms in total. The lowest BCUT2D eigenvalue weighted by molar-refractivity contribution is -0.192. The number of nitrogens with one attached hydrogen (secondary N) is 1. The van der Waals surface area contributed by atoms with Crippen LogP contribution in [0.4, 0.5) is 38.1 Å². The summed E-state index contributed by atoms with van der Waals surface area (Å²) >= 11 is 0. The molecule has 196 valence electrons. The van der Waals surface area contributed by atoms with E-state index in [2.05, 4.69) is 20.3 Å². The Kier molecular flexibility index (Phi) is 8.85. The van der Waals surface area contributed by atoms with Crippen LogP contribution in [0, 0.1) is 0 Å². The summed E-state index contributed by atoms with van der Waals surface area (Å²) in [5, 5.41) is 10.5. The Morgan fingerprint density at radius 1 is 1.08 bits per heavy atom. The number of anilines is 2. The molecule has 2 heterocycles. The number of nitrogens with zero attached hydrogens (tertiary/aromatic N) is 4. The van der Waals surface area contributed by atoms with Crippen molar-refractivity contribution in [3.05, 3.63) is 35.9 Å². The molecule has 0 radical (unpaired) electrons. The average molecular weight is 520 g/mol. The van der Waals surface area contributed by atoms with E-state index in [9.17, 15) is 26.3 Å². The van der Waals surface area contributed by atoms with Crippen molar-refractivity contribution in [3.63, 3.8) is 0 Å². The molecule has 3 rings (SSSR count). The Bertz CT molecular complexity index is 1220. The molecule has 0 aliphatic heterocycles. The Hall–Kier alpha value is -3.88. The quantitative estimate of drug-likeness (QED) is 0.415. The third-order valence-electron chi connectivity index (χ3n) is 4.44. The number of rotatable bonds is 6. The second kappa shape index (κ2) is 11.2. The fraction of sp³-hybridized carbons (Fsp3) is 0.333. The third-order valence-corrected chi connectivity index (χ3v) is 4.44. The number of hydrogen-bond donors (Lipinski definition) is 3. The summed E-state index contributed by atoms with van der Waals surface area (Å²) in [6.45, 7) is 0.782. The van der Waals surface area contributed by atoms with Gasteiger partial charge in [0, 0.05) is 13.6 Å². The summed E-state index contributed by atoms with van der Waals surface area (Å²) in [6.07, 6.45) is -9.66. The lowest BCUT2D eigenvalue weighted by atomic mass is 10.0. The van der Waals surface area contributed by atoms with Gasteiger partial charge >= 0.3 is 18.3 Å². The zero-order valence-corrected chi connectivity index (χ0v) is 19.2. The van der Waals surface area contributed by atoms with Crippen molar-refractivity contribution >= 4 is 28.8 Å². The van der Waals surface area contributed by atoms with Crippen LogP contribution in [0.3, 0.4) is 0 Å². The number of carboxylic acids is 1. The molecule has 0 amide bonds. The smallest absolute Gasteiger partial charge is 0.490 e. The van der Waals surface area contributed by atoms with Crippen molar-refractivity contribution in [1.82, 2.24) is 19.9 Å². The summed E-state index contributed by atoms with van der Waals surface area (Å²) in [6, 6.07) is 6.93. The van der Waals surface area contributed by atoms with Gasteiger partial charge in [-0.3, -0.25) is 0 Å². The van der Waals surface area contributed by atoms with Gasteiger partial charge < -0.3 is 25.8 Å². The third kappa shape index (κ3) is 7.31. The number of hydrogen-bond acceptors (Lipinski definition) is 8. The van der Waals surface area contributed by atoms with Gasteiger partial charge in [-0.05, 0) is 38.4 Å². The Morgan fingerprint density at radius 2 is 1.72 bits per heavy atom. The van der Waals surface area contributed by atoms with Crippen LogP contribution in [0.5, 0.6) is 5.75 Å². The number of alkyl halides is 6. The van der Waals surface area contributed by atoms with Gasteiger partial charge in [-0.2, -0.15) is 36.3 Å². The molecule has 0 aliphatic rings. The Balaban J connectivity index is 0.000000572. The van der Waals surface area contributed by atoms with E-state index in [0.29, 0.717) is 17.7 Å². The van der Waals surface area contributed by atoms with E-state index in [4.69, 9.17) is 20.4 Å². The molecule has 0 atom stereocenters. The first-order valence-electron chi connectivity index (χ1n) is 10.1. The van der Waals surface area contributed by atoms with Gasteiger partial charge in [0.2, 0.25) is 5.95 Å². The summed E-state index contributed by atoms with van der Waals surface area (Å²) in [4.78, 5) is 23.2. The first-order valence-corrected chi connectivity index (χ1v) is 10.1. The predicted molar refractivity (Wildman–Crippen MR) is 119 cm³/mol. The van der Waals surface area contributed by atoms with Crippen LogP contribution in [-0.4, -0.2) is 71.4 Å². The standard InChI is InChI=1S/C19H21F3N6O.C2HF3O2/c1-24-16-11-7-8-13(25-17(11)27-18(23)26-16)15-12(19(20,21)22)5-4-6-14(15)29-10-9-28(2)3;3-2(4,5)1(6)7/h4-8H,9-10H2,1-3H3,(H3,23,24,25,26,27);(H,6,7). The molecular formula is C21H22F6N6O3. The number of carboxylic acid groups (broad SMARTS) is 1. The zero-order valence-electron chi connectivity index (χ0n) is 19.2. The Morgan fingerprint density at radius 3 is 2.25 bits per heavy atom. The molecule has 15 heteroatoms. The van der Waals surface area contributed by atoms with E-state index in [1.165, 1.54) is 18.2 Å². The van der Waals surface area contributed by atoms with Crippen LogP contribution in [0.15, 0.2) is 30.3 Å². The molecule has 0 spiro atoms. The fourth-order valence-electron chi connectivity index (χ4n) is 2.85. The van der Waals surface area contributed by atoms with Crippen molar-refractivity contribution < 1.29 is 41.0 Å². The van der Waals surface area contributed by atoms with Crippen molar-refractivity contribution in [2.45, 2.75) is 12.4 Å². The van der Waals surface area contributed by atoms with E-state index in [0.717, 1.165) is 6.07 Å². The highest BCUT2D eigenvalue weighted by molar-refractivity contribution is 5.89. The predicted octanol–water partition coefficient (Wildman–Crippen LogP) is 3.91. The van der Waals surface area contributed by atoms with E-state index >= 15 is 0 Å². The first-order chi connectivity index (χ1) is 16.6. The summed E-state index contributed by atoms with van der Waals surface area (Å²) < 4.78 is 78.5. The van der Waals surface area contributed by atoms with Crippen LogP contribution in [0.2, 0.25) is 0 Å². The van der Waals surface area contributed by atoms with Gasteiger partial charge in [0.25, 0.3) is 0 Å². The minimum atomic E-state index is -5.08. The van der Waals surface area contributed by atoms with Gasteiger partial charge in [-0.1, -0.05) is 6.07 Å². The van der Waals surface area contributed by atoms with Gasteiger partial charge in [0.05, 0.1) is 22.2 Å². The lowest BCUT2D eigenvalue weighted by Crippen LogP contribution is -2.21. The second-order valence-electron chi connectivity index (χ2n) is 7.38. The van der Waals surface area contributed by atoms with Crippen molar-refractivity contribution in [3.8, 4) is 17.0 Å². The largest absolute Gasteiger partial charge is 0.492 e. The van der Waals surface area contributed by atoms with Crippen LogP contribution in [-0.2, 0) is 11.0 Å². The molecule has 0 saturated carbocycles. The average Bonchev–Trinajstić information content (AvgIpc) is 2.76. The molecule has 36 heavy (non-hydrogen) atoms. The molecule has 0 bridgehead atoms. The van der Waals surface area contributed by atoms with E-state index in [-0.39, 0.29) is 35.2 Å². The maximum absolute atomic E-state index is 13.7. The second-order valence-corrected chi connectivity index (χ2v) is 7.38. The molecular weight excluding hydrogens is 498 g/mol. The van der Waals surface area contributed by atoms with E-state index in [1.807, 2.05) is 19.0 Å². The minimum absolute atomic E-state index is 0.0296. The summed E-state index contributed by atoms with van der Waals surface area (Å²) in [7, 11) is 5.36. The highest BCUT2D eigenvalue weighted by atomic mass is 19.4. The molecule has 3 aromatic rings. The van der Waals surface area contributed by atoms with Gasteiger partial charge in [-0.25, -0.2) is 9.78 Å². The molecule has 0 saturated heterocycles. The number of pyridine rings is 1. The van der Waals surface area contributed by atoms with Crippen molar-refractivity contribution in [2.75, 3.05) is 45.3 Å². The molecule has 1 aromatic carbocycles. The number of carbonyl (C=O) groups is 1. The van der Waals surface area contributed by atoms with Crippen LogP contribution < -0.4 is 15.8 Å². The maximum Gasteiger partial charge on any atom is 0.490 e. The number of ether oxygens (including phenoxy) is 1. The summed E-state index contributed by atoms with van der Waals surface area (Å²) in [5.74, 6) is -2.24. The lowest BCUT2D eigenvalue weighted by Gasteiger charge is -2.18. The SMILES string of the molecule is CNc1nc(N)nc2nc(-c3c(OCCN(C)C)cccc3C(F)(F)F)ccc12.O=C(O)C(F)(F)F. The number of nitrogens with two attached hydrogens (primary N) is 1. The van der Waals surface area contributed by atoms with Crippen molar-refractivity contribution in [2.24, 2.45) is 0 Å². The number of aliphatic carboxylic acids is 1. The normalized spacial score (nSPS) is 11.7. The topological polar surface area (TPSA) is 126 Å². The molecule has 2 aromatic heterocycles. The molecule has 4 N–H and O–H groups in total. The fourth-order valence-corrected chi connectivity index (χ4v) is 2.85. The monoisotopic (exact) mass is 520 g/mol. The number of halogens is 6. The number of likely N-dealkylation sites (N-methyl/N-ethyl adjacent to an activating group) is 1. The van der Waals surface area contributed by atoms with Crippen LogP contribution in [0.25, 0.3) is 22.3 Å². The van der Waals surface area contributed by atoms with Crippen LogP contribution >= 0.6 is 0 Å². The number of benzene rings is 1. The highest BCUT2D eigenvalue weighted by Crippen LogP contribution is 2.42. The Labute approximate surface area is 200 Å². The number of aromatic nitrogens is 3. The maximum atomic E-state index is 13.7. The molecule has 0 aliphatic carbocycles. The molecule has 0 fully saturated rings. The van der Waals surface area contributed by atoms with Gasteiger partial charge in [-0.15, -0.1) is 0 Å². The van der Waals surface area contributed by atoms with Crippen molar-refractivity contribution in [1.29, 1.82) is 0 Å². The van der Waals surface area contributed by atoms with E-state index < -0.39 is 23.9 Å². The first kappa shape index (κ1) is 28.4. The minimum Gasteiger partial charge on any atom is -0.492 e.